The van der Waals surface area contributed by atoms with Gasteiger partial charge in [0.25, 0.3) is 0 Å². The van der Waals surface area contributed by atoms with Gasteiger partial charge in [0, 0.05) is 39.8 Å². The summed E-state index contributed by atoms with van der Waals surface area (Å²) >= 11 is 0. The predicted molar refractivity (Wildman–Crippen MR) is 250 cm³/mol. The molecule has 1 aromatic heterocycles. The van der Waals surface area contributed by atoms with Crippen LogP contribution in [0.25, 0.3) is 32.9 Å². The first-order chi connectivity index (χ1) is 28.7. The molecule has 6 unspecified atom stereocenters. The zero-order valence-electron chi connectivity index (χ0n) is 36.8. The lowest BCUT2D eigenvalue weighted by Crippen LogP contribution is -2.94. The lowest BCUT2D eigenvalue weighted by atomic mass is 9.68. The van der Waals surface area contributed by atoms with Gasteiger partial charge in [-0.1, -0.05) is 151 Å². The van der Waals surface area contributed by atoms with E-state index in [1.807, 2.05) is 12.1 Å². The van der Waals surface area contributed by atoms with Gasteiger partial charge in [0.2, 0.25) is 0 Å². The van der Waals surface area contributed by atoms with Gasteiger partial charge in [-0.05, 0) is 77.0 Å². The summed E-state index contributed by atoms with van der Waals surface area (Å²) in [5.41, 5.74) is 11.3. The predicted octanol–water partition coefficient (Wildman–Crippen LogP) is 11.7. The molecular formula is C54H61N4O2+. The van der Waals surface area contributed by atoms with Gasteiger partial charge < -0.3 is 25.1 Å². The van der Waals surface area contributed by atoms with E-state index in [0.29, 0.717) is 11.5 Å². The number of benzene rings is 4. The topological polar surface area (TPSA) is 77.6 Å². The van der Waals surface area contributed by atoms with Crippen LogP contribution in [0.1, 0.15) is 86.2 Å². The number of para-hydroxylation sites is 1. The molecule has 9 rings (SSSR count). The second-order valence-corrected chi connectivity index (χ2v) is 19.7. The minimum absolute atomic E-state index is 0.0877. The number of hydrogen-bond donors (Lipinski definition) is 3. The van der Waals surface area contributed by atoms with Crippen LogP contribution in [0.4, 0.5) is 11.4 Å². The number of rotatable bonds is 6. The lowest BCUT2D eigenvalue weighted by molar-refractivity contribution is -0.680. The van der Waals surface area contributed by atoms with E-state index in [1.54, 1.807) is 0 Å². The van der Waals surface area contributed by atoms with Gasteiger partial charge in [0.15, 0.2) is 11.9 Å². The van der Waals surface area contributed by atoms with Gasteiger partial charge in [-0.15, -0.1) is 0 Å². The van der Waals surface area contributed by atoms with Gasteiger partial charge >= 0.3 is 0 Å². The maximum absolute atomic E-state index is 12.5. The van der Waals surface area contributed by atoms with E-state index in [4.69, 9.17) is 9.41 Å². The lowest BCUT2D eigenvalue weighted by Gasteiger charge is -2.44. The highest BCUT2D eigenvalue weighted by Gasteiger charge is 2.42. The molecule has 6 heteroatoms. The van der Waals surface area contributed by atoms with E-state index < -0.39 is 12.3 Å². The molecule has 0 spiro atoms. The number of anilines is 2. The normalized spacial score (nSPS) is 24.5. The highest BCUT2D eigenvalue weighted by Crippen LogP contribution is 2.50. The first kappa shape index (κ1) is 40.0. The van der Waals surface area contributed by atoms with Crippen molar-refractivity contribution in [1.82, 2.24) is 0 Å². The quantitative estimate of drug-likeness (QED) is 0.150. The smallest absolute Gasteiger partial charge is 0.181 e. The monoisotopic (exact) mass is 797 g/mol. The van der Waals surface area contributed by atoms with Gasteiger partial charge in [-0.25, -0.2) is 0 Å². The van der Waals surface area contributed by atoms with Crippen LogP contribution >= 0.6 is 0 Å². The van der Waals surface area contributed by atoms with E-state index in [1.165, 1.54) is 27.8 Å². The zero-order valence-corrected chi connectivity index (χ0v) is 36.8. The fraction of sp³-hybridized carbons (Fsp3) is 0.352. The largest absolute Gasteiger partial charge is 0.452 e. The van der Waals surface area contributed by atoms with Crippen LogP contribution in [0.2, 0.25) is 0 Å². The van der Waals surface area contributed by atoms with Crippen LogP contribution < -0.4 is 15.5 Å². The molecule has 2 aliphatic carbocycles. The van der Waals surface area contributed by atoms with Crippen LogP contribution in [0.3, 0.4) is 0 Å². The summed E-state index contributed by atoms with van der Waals surface area (Å²) in [7, 11) is 0. The molecule has 4 aliphatic rings. The molecule has 0 radical (unpaired) electrons. The minimum Gasteiger partial charge on any atom is -0.452 e. The van der Waals surface area contributed by atoms with Crippen molar-refractivity contribution >= 4 is 38.8 Å². The second kappa shape index (κ2) is 15.2. The van der Waals surface area contributed by atoms with Crippen molar-refractivity contribution in [2.75, 3.05) is 16.8 Å². The third-order valence-electron chi connectivity index (χ3n) is 13.1. The molecule has 4 N–H and O–H groups in total. The molecule has 4 aromatic carbocycles. The molecule has 0 saturated heterocycles. The third kappa shape index (κ3) is 7.08. The van der Waals surface area contributed by atoms with Gasteiger partial charge in [0.1, 0.15) is 17.5 Å². The molecule has 0 fully saturated rings. The Bertz CT molecular complexity index is 2660. The molecule has 6 nitrogen and oxygen atoms in total. The van der Waals surface area contributed by atoms with E-state index in [2.05, 4.69) is 187 Å². The number of allylic oxidation sites excluding steroid dienone is 4. The van der Waals surface area contributed by atoms with Crippen LogP contribution in [-0.4, -0.2) is 35.7 Å². The van der Waals surface area contributed by atoms with E-state index in [-0.39, 0.29) is 34.9 Å². The zero-order chi connectivity index (χ0) is 42.1. The first-order valence-electron chi connectivity index (χ1n) is 21.9. The average molecular weight is 798 g/mol. The Morgan fingerprint density at radius 3 is 2.28 bits per heavy atom. The van der Waals surface area contributed by atoms with E-state index >= 15 is 0 Å². The highest BCUT2D eigenvalue weighted by atomic mass is 16.3. The van der Waals surface area contributed by atoms with E-state index in [9.17, 15) is 5.11 Å². The number of hydrogen-bond acceptors (Lipinski definition) is 5. The molecule has 308 valence electrons. The summed E-state index contributed by atoms with van der Waals surface area (Å²) in [6, 6.07) is 30.5. The number of quaternary nitrogens is 1. The Morgan fingerprint density at radius 2 is 1.58 bits per heavy atom. The van der Waals surface area contributed by atoms with Crippen molar-refractivity contribution in [3.8, 4) is 11.1 Å². The van der Waals surface area contributed by atoms with Crippen molar-refractivity contribution in [2.24, 2.45) is 27.7 Å². The molecular weight excluding hydrogens is 737 g/mol. The maximum Gasteiger partial charge on any atom is 0.181 e. The molecule has 60 heavy (non-hydrogen) atoms. The number of nitrogens with two attached hydrogens (primary N) is 1. The molecule has 0 saturated carbocycles. The Hall–Kier alpha value is -5.43. The molecule has 5 aromatic rings. The number of nitrogens with one attached hydrogen (secondary N) is 1. The number of aliphatic hydroxyl groups excluding tert-OH is 1. The van der Waals surface area contributed by atoms with Gasteiger partial charge in [-0.2, -0.15) is 0 Å². The minimum atomic E-state index is -0.779. The van der Waals surface area contributed by atoms with Crippen molar-refractivity contribution in [3.05, 3.63) is 155 Å². The summed E-state index contributed by atoms with van der Waals surface area (Å²) < 4.78 is 6.77. The van der Waals surface area contributed by atoms with Gasteiger partial charge in [0.05, 0.1) is 30.1 Å². The Balaban J connectivity index is 1.35. The van der Waals surface area contributed by atoms with Crippen LogP contribution in [-0.2, 0) is 0 Å². The maximum atomic E-state index is 12.5. The van der Waals surface area contributed by atoms with Crippen molar-refractivity contribution in [1.29, 1.82) is 0 Å². The number of aliphatic hydroxyl groups is 1. The third-order valence-corrected chi connectivity index (χ3v) is 13.1. The summed E-state index contributed by atoms with van der Waals surface area (Å²) in [5.74, 6) is 0.829. The van der Waals surface area contributed by atoms with Crippen LogP contribution in [0.15, 0.2) is 153 Å². The molecule has 3 heterocycles. The molecule has 0 bridgehead atoms. The molecule has 2 aliphatic heterocycles. The Morgan fingerprint density at radius 1 is 0.867 bits per heavy atom. The number of nitrogens with zero attached hydrogens (tertiary/aromatic N) is 2. The second-order valence-electron chi connectivity index (χ2n) is 19.7. The fourth-order valence-electron chi connectivity index (χ4n) is 10.2. The highest BCUT2D eigenvalue weighted by molar-refractivity contribution is 6.20. The van der Waals surface area contributed by atoms with Gasteiger partial charge in [-0.3, -0.25) is 4.99 Å². The average Bonchev–Trinajstić information content (AvgIpc) is 3.60. The summed E-state index contributed by atoms with van der Waals surface area (Å²) in [4.78, 5) is 8.47. The van der Waals surface area contributed by atoms with Crippen molar-refractivity contribution in [3.63, 3.8) is 0 Å². The van der Waals surface area contributed by atoms with Crippen LogP contribution in [0.5, 0.6) is 0 Å². The molecule has 6 atom stereocenters. The summed E-state index contributed by atoms with van der Waals surface area (Å²) in [5, 5.41) is 22.4. The van der Waals surface area contributed by atoms with Crippen molar-refractivity contribution in [2.45, 2.75) is 93.2 Å². The van der Waals surface area contributed by atoms with Crippen LogP contribution in [0, 0.1) is 22.7 Å². The summed E-state index contributed by atoms with van der Waals surface area (Å²) in [6.07, 6.45) is 13.9. The number of furan rings is 1. The SMILES string of the molecule is CC1=CC(C)C(N(c2c(-c3ccccc3)c(C3N=C(C4=CC(C(C)(C)C)=CC(C(C)(C)C)C4O)c4oc5ccccc5c4N3)cc3ccccc23)C2C=CCC[NH2+]2)C(C)=C1. The Kier molecular flexibility index (Phi) is 10.2. The standard InChI is InChI=1S/C54H60N4O2/c1-32-27-33(2)48(34(3)28-32)58(44-25-17-18-26-55-44)49-38-22-14-13-21-36(38)29-40(45(49)35-19-11-10-12-20-35)52-56-46-39-23-15-16-24-43(39)60-51(46)47(57-52)41-30-37(53(4,5)6)31-42(50(41)59)54(7,8)9/h10-17,19-25,27-31,33,42,44,48,50,52,55-56,59H,18,26H2,1-9H3/p+1. The van der Waals surface area contributed by atoms with E-state index in [0.717, 1.165) is 57.3 Å². The number of aliphatic imine (C=N–C) groups is 1. The van der Waals surface area contributed by atoms with Crippen molar-refractivity contribution < 1.29 is 14.8 Å². The first-order valence-corrected chi connectivity index (χ1v) is 21.9. The summed E-state index contributed by atoms with van der Waals surface area (Å²) in [6.45, 7) is 21.3. The number of fused-ring (bicyclic) bond motifs is 4. The molecule has 0 amide bonds. The Labute approximate surface area is 356 Å². The fourth-order valence-corrected chi connectivity index (χ4v) is 10.2.